The number of rotatable bonds is 6. The van der Waals surface area contributed by atoms with Crippen LogP contribution in [0.1, 0.15) is 23.5 Å². The van der Waals surface area contributed by atoms with Gasteiger partial charge in [-0.05, 0) is 43.4 Å². The Morgan fingerprint density at radius 1 is 1.24 bits per heavy atom. The van der Waals surface area contributed by atoms with Crippen molar-refractivity contribution < 1.29 is 10.2 Å². The van der Waals surface area contributed by atoms with E-state index in [0.717, 1.165) is 22.1 Å². The summed E-state index contributed by atoms with van der Waals surface area (Å²) in [5.74, 6) is 0.688. The van der Waals surface area contributed by atoms with Crippen molar-refractivity contribution in [2.45, 2.75) is 38.5 Å². The van der Waals surface area contributed by atoms with Crippen LogP contribution < -0.4 is 5.32 Å². The lowest BCUT2D eigenvalue weighted by molar-refractivity contribution is 0.0716. The first-order valence-electron chi connectivity index (χ1n) is 8.62. The van der Waals surface area contributed by atoms with Crippen LogP contribution in [0.15, 0.2) is 36.5 Å². The average Bonchev–Trinajstić information content (AvgIpc) is 2.89. The van der Waals surface area contributed by atoms with Crippen LogP contribution in [0, 0.1) is 18.8 Å². The van der Waals surface area contributed by atoms with Crippen LogP contribution in [-0.4, -0.2) is 38.9 Å². The van der Waals surface area contributed by atoms with Crippen molar-refractivity contribution in [1.29, 1.82) is 0 Å². The van der Waals surface area contributed by atoms with Crippen LogP contribution in [0.25, 0.3) is 0 Å². The lowest BCUT2D eigenvalue weighted by Crippen LogP contribution is -2.36. The highest BCUT2D eigenvalue weighted by Gasteiger charge is 2.42. The molecule has 2 aromatic rings. The summed E-state index contributed by atoms with van der Waals surface area (Å²) in [6, 6.07) is 9.74. The zero-order valence-corrected chi connectivity index (χ0v) is 15.0. The van der Waals surface area contributed by atoms with Crippen LogP contribution in [0.3, 0.4) is 0 Å². The summed E-state index contributed by atoms with van der Waals surface area (Å²) < 4.78 is 0. The third kappa shape index (κ3) is 4.36. The van der Waals surface area contributed by atoms with Gasteiger partial charge in [0.25, 0.3) is 0 Å². The number of aliphatic hydroxyl groups excluding tert-OH is 2. The van der Waals surface area contributed by atoms with Gasteiger partial charge in [0.1, 0.15) is 5.82 Å². The molecule has 0 amide bonds. The molecule has 1 aliphatic carbocycles. The minimum atomic E-state index is -0.512. The number of halogens is 1. The van der Waals surface area contributed by atoms with Gasteiger partial charge in [-0.2, -0.15) is 0 Å². The Morgan fingerprint density at radius 2 is 2.04 bits per heavy atom. The molecular weight excluding hydrogens is 338 g/mol. The van der Waals surface area contributed by atoms with E-state index in [1.165, 1.54) is 0 Å². The highest BCUT2D eigenvalue weighted by atomic mass is 35.5. The SMILES string of the molecule is Cc1nccc(CC2C(NCc3ccccc3Cl)CC(O)C2CO)n1. The molecule has 4 atom stereocenters. The van der Waals surface area contributed by atoms with E-state index in [0.29, 0.717) is 19.4 Å². The Morgan fingerprint density at radius 3 is 2.76 bits per heavy atom. The van der Waals surface area contributed by atoms with Crippen molar-refractivity contribution in [2.75, 3.05) is 6.61 Å². The number of aryl methyl sites for hydroxylation is 1. The molecule has 1 heterocycles. The molecule has 25 heavy (non-hydrogen) atoms. The first-order chi connectivity index (χ1) is 12.1. The standard InChI is InChI=1S/C19H24ClN3O2/c1-12-21-7-6-14(23-12)8-15-16(11-24)19(25)9-18(15)22-10-13-4-2-3-5-17(13)20/h2-7,15-16,18-19,22,24-25H,8-11H2,1H3. The minimum Gasteiger partial charge on any atom is -0.396 e. The molecule has 0 saturated heterocycles. The number of benzene rings is 1. The lowest BCUT2D eigenvalue weighted by atomic mass is 9.88. The summed E-state index contributed by atoms with van der Waals surface area (Å²) in [6.45, 7) is 2.47. The number of nitrogens with zero attached hydrogens (tertiary/aromatic N) is 2. The Kier molecular flexibility index (Phi) is 6.02. The molecule has 1 fully saturated rings. The van der Waals surface area contributed by atoms with Gasteiger partial charge in [0.2, 0.25) is 0 Å². The lowest BCUT2D eigenvalue weighted by Gasteiger charge is -2.25. The van der Waals surface area contributed by atoms with Crippen LogP contribution >= 0.6 is 11.6 Å². The van der Waals surface area contributed by atoms with Gasteiger partial charge >= 0.3 is 0 Å². The summed E-state index contributed by atoms with van der Waals surface area (Å²) in [4.78, 5) is 8.61. The smallest absolute Gasteiger partial charge is 0.125 e. The van der Waals surface area contributed by atoms with Gasteiger partial charge in [0.05, 0.1) is 6.10 Å². The van der Waals surface area contributed by atoms with Gasteiger partial charge in [-0.1, -0.05) is 29.8 Å². The zero-order valence-electron chi connectivity index (χ0n) is 14.3. The predicted molar refractivity (Wildman–Crippen MR) is 97.2 cm³/mol. The highest BCUT2D eigenvalue weighted by molar-refractivity contribution is 6.31. The molecule has 6 heteroatoms. The van der Waals surface area contributed by atoms with Gasteiger partial charge in [-0.15, -0.1) is 0 Å². The topological polar surface area (TPSA) is 78.3 Å². The van der Waals surface area contributed by atoms with E-state index < -0.39 is 6.10 Å². The maximum atomic E-state index is 10.4. The molecule has 1 aromatic heterocycles. The van der Waals surface area contributed by atoms with E-state index in [9.17, 15) is 10.2 Å². The van der Waals surface area contributed by atoms with E-state index in [2.05, 4.69) is 15.3 Å². The summed E-state index contributed by atoms with van der Waals surface area (Å²) in [6.07, 6.45) is 2.56. The fourth-order valence-electron chi connectivity index (χ4n) is 3.72. The Balaban J connectivity index is 1.73. The second kappa shape index (κ2) is 8.23. The minimum absolute atomic E-state index is 0.0276. The number of aliphatic hydroxyl groups is 2. The molecule has 1 saturated carbocycles. The molecule has 4 unspecified atom stereocenters. The molecular formula is C19H24ClN3O2. The van der Waals surface area contributed by atoms with Crippen LogP contribution in [-0.2, 0) is 13.0 Å². The molecule has 0 spiro atoms. The van der Waals surface area contributed by atoms with E-state index in [1.54, 1.807) is 6.20 Å². The van der Waals surface area contributed by atoms with Gasteiger partial charge in [-0.3, -0.25) is 0 Å². The van der Waals surface area contributed by atoms with Crippen molar-refractivity contribution in [1.82, 2.24) is 15.3 Å². The van der Waals surface area contributed by atoms with Gasteiger partial charge in [0, 0.05) is 42.0 Å². The molecule has 1 aliphatic rings. The molecule has 5 nitrogen and oxygen atoms in total. The maximum Gasteiger partial charge on any atom is 0.125 e. The number of hydrogen-bond donors (Lipinski definition) is 3. The number of hydrogen-bond acceptors (Lipinski definition) is 5. The van der Waals surface area contributed by atoms with Crippen molar-refractivity contribution >= 4 is 11.6 Å². The number of nitrogens with one attached hydrogen (secondary N) is 1. The Hall–Kier alpha value is -1.53. The molecule has 0 aliphatic heterocycles. The quantitative estimate of drug-likeness (QED) is 0.734. The summed E-state index contributed by atoms with van der Waals surface area (Å²) >= 11 is 6.23. The molecule has 1 aromatic carbocycles. The fraction of sp³-hybridized carbons (Fsp3) is 0.474. The van der Waals surface area contributed by atoms with E-state index in [-0.39, 0.29) is 24.5 Å². The molecule has 3 rings (SSSR count). The largest absolute Gasteiger partial charge is 0.396 e. The predicted octanol–water partition coefficient (Wildman–Crippen LogP) is 2.13. The van der Waals surface area contributed by atoms with Crippen LogP contribution in [0.5, 0.6) is 0 Å². The molecule has 134 valence electrons. The fourth-order valence-corrected chi connectivity index (χ4v) is 3.92. The monoisotopic (exact) mass is 361 g/mol. The van der Waals surface area contributed by atoms with Crippen molar-refractivity contribution in [3.05, 3.63) is 58.6 Å². The van der Waals surface area contributed by atoms with Crippen molar-refractivity contribution in [2.24, 2.45) is 11.8 Å². The molecule has 0 radical (unpaired) electrons. The van der Waals surface area contributed by atoms with Gasteiger partial charge in [0.15, 0.2) is 0 Å². The average molecular weight is 362 g/mol. The van der Waals surface area contributed by atoms with Gasteiger partial charge < -0.3 is 15.5 Å². The second-order valence-corrected chi connectivity index (χ2v) is 7.10. The second-order valence-electron chi connectivity index (χ2n) is 6.69. The molecule has 0 bridgehead atoms. The first kappa shape index (κ1) is 18.3. The first-order valence-corrected chi connectivity index (χ1v) is 9.00. The van der Waals surface area contributed by atoms with E-state index in [1.807, 2.05) is 37.3 Å². The highest BCUT2D eigenvalue weighted by Crippen LogP contribution is 2.35. The van der Waals surface area contributed by atoms with Crippen LogP contribution in [0.4, 0.5) is 0 Å². The summed E-state index contributed by atoms with van der Waals surface area (Å²) in [7, 11) is 0. The zero-order chi connectivity index (χ0) is 17.8. The van der Waals surface area contributed by atoms with Crippen molar-refractivity contribution in [3.63, 3.8) is 0 Å². The normalized spacial score (nSPS) is 26.1. The Labute approximate surface area is 153 Å². The summed E-state index contributed by atoms with van der Waals surface area (Å²) in [5, 5.41) is 24.4. The number of aromatic nitrogens is 2. The van der Waals surface area contributed by atoms with E-state index >= 15 is 0 Å². The van der Waals surface area contributed by atoms with Crippen molar-refractivity contribution in [3.8, 4) is 0 Å². The van der Waals surface area contributed by atoms with E-state index in [4.69, 9.17) is 11.6 Å². The third-order valence-electron chi connectivity index (χ3n) is 5.06. The van der Waals surface area contributed by atoms with Crippen LogP contribution in [0.2, 0.25) is 5.02 Å². The third-order valence-corrected chi connectivity index (χ3v) is 5.43. The van der Waals surface area contributed by atoms with Gasteiger partial charge in [-0.25, -0.2) is 9.97 Å². The Bertz CT molecular complexity index is 713. The summed E-state index contributed by atoms with van der Waals surface area (Å²) in [5.41, 5.74) is 1.97. The maximum absolute atomic E-state index is 10.4. The molecule has 3 N–H and O–H groups in total.